The molecular weight excluding hydrogens is 555 g/mol. The standard InChI is InChI=1S/C21H24F2IN3O4S/c1-32(29,30)26-21-12-31-13-27(21)19(8-15-5-16(22)9-17(23)6-15)20(28)11-25-10-14-3-2-4-18(24)7-14/h2-7,9,12,19-20,25-26,28H,8,10-11,13H2,1H3/t19-,20+/m0/s1. The highest BCUT2D eigenvalue weighted by molar-refractivity contribution is 14.1. The normalized spacial score (nSPS) is 15.8. The molecule has 0 bridgehead atoms. The number of halogens is 3. The molecule has 2 aromatic rings. The average Bonchev–Trinajstić information content (AvgIpc) is 3.11. The van der Waals surface area contributed by atoms with E-state index in [1.165, 1.54) is 23.3 Å². The number of nitrogens with zero attached hydrogens (tertiary/aromatic N) is 1. The Morgan fingerprint density at radius 1 is 1.19 bits per heavy atom. The molecule has 0 aromatic heterocycles. The third-order valence-electron chi connectivity index (χ3n) is 4.79. The van der Waals surface area contributed by atoms with Gasteiger partial charge in [0.25, 0.3) is 0 Å². The summed E-state index contributed by atoms with van der Waals surface area (Å²) in [4.78, 5) is 1.53. The van der Waals surface area contributed by atoms with Crippen molar-refractivity contribution in [2.24, 2.45) is 0 Å². The van der Waals surface area contributed by atoms with E-state index in [4.69, 9.17) is 4.74 Å². The number of aliphatic hydroxyl groups excluding tert-OH is 1. The Kier molecular flexibility index (Phi) is 8.31. The van der Waals surface area contributed by atoms with Gasteiger partial charge >= 0.3 is 0 Å². The topological polar surface area (TPSA) is 90.9 Å². The Hall–Kier alpha value is -1.96. The van der Waals surface area contributed by atoms with Gasteiger partial charge in [0.15, 0.2) is 12.6 Å². The zero-order valence-electron chi connectivity index (χ0n) is 17.3. The molecule has 11 heteroatoms. The van der Waals surface area contributed by atoms with Crippen molar-refractivity contribution in [3.8, 4) is 0 Å². The number of benzene rings is 2. The minimum absolute atomic E-state index is 0.0196. The van der Waals surface area contributed by atoms with Crippen LogP contribution in [0.15, 0.2) is 54.5 Å². The van der Waals surface area contributed by atoms with Gasteiger partial charge in [0.2, 0.25) is 10.0 Å². The van der Waals surface area contributed by atoms with Crippen LogP contribution < -0.4 is 10.0 Å². The molecule has 0 fully saturated rings. The van der Waals surface area contributed by atoms with Crippen LogP contribution in [0.3, 0.4) is 0 Å². The molecule has 3 N–H and O–H groups in total. The molecule has 1 aliphatic heterocycles. The maximum atomic E-state index is 13.7. The Bertz CT molecular complexity index is 1060. The van der Waals surface area contributed by atoms with Gasteiger partial charge in [-0.3, -0.25) is 4.72 Å². The summed E-state index contributed by atoms with van der Waals surface area (Å²) in [6.45, 7) is 0.654. The van der Waals surface area contributed by atoms with Crippen molar-refractivity contribution in [2.45, 2.75) is 25.1 Å². The molecule has 0 amide bonds. The zero-order valence-corrected chi connectivity index (χ0v) is 20.2. The largest absolute Gasteiger partial charge is 0.477 e. The first-order valence-corrected chi connectivity index (χ1v) is 12.7. The van der Waals surface area contributed by atoms with Crippen molar-refractivity contribution in [1.82, 2.24) is 14.9 Å². The smallest absolute Gasteiger partial charge is 0.231 e. The van der Waals surface area contributed by atoms with E-state index < -0.39 is 33.8 Å². The van der Waals surface area contributed by atoms with E-state index in [9.17, 15) is 22.3 Å². The Morgan fingerprint density at radius 2 is 1.91 bits per heavy atom. The van der Waals surface area contributed by atoms with Crippen LogP contribution in [0.4, 0.5) is 8.78 Å². The molecular formula is C21H24F2IN3O4S. The van der Waals surface area contributed by atoms with E-state index in [0.717, 1.165) is 21.5 Å². The van der Waals surface area contributed by atoms with E-state index >= 15 is 0 Å². The van der Waals surface area contributed by atoms with Gasteiger partial charge in [-0.1, -0.05) is 12.1 Å². The van der Waals surface area contributed by atoms with E-state index in [2.05, 4.69) is 32.6 Å². The molecule has 3 rings (SSSR count). The molecule has 2 atom stereocenters. The van der Waals surface area contributed by atoms with E-state index in [1.807, 2.05) is 24.3 Å². The van der Waals surface area contributed by atoms with E-state index in [-0.39, 0.29) is 25.5 Å². The highest BCUT2D eigenvalue weighted by atomic mass is 127. The second-order valence-corrected chi connectivity index (χ2v) is 10.5. The predicted molar refractivity (Wildman–Crippen MR) is 125 cm³/mol. The van der Waals surface area contributed by atoms with Crippen LogP contribution in [0.2, 0.25) is 0 Å². The van der Waals surface area contributed by atoms with E-state index in [0.29, 0.717) is 12.1 Å². The molecule has 0 aliphatic carbocycles. The number of nitrogens with one attached hydrogen (secondary N) is 2. The molecule has 174 valence electrons. The number of sulfonamides is 1. The monoisotopic (exact) mass is 579 g/mol. The number of hydrogen-bond acceptors (Lipinski definition) is 6. The van der Waals surface area contributed by atoms with Gasteiger partial charge in [-0.2, -0.15) is 0 Å². The summed E-state index contributed by atoms with van der Waals surface area (Å²) >= 11 is 2.22. The van der Waals surface area contributed by atoms with Gasteiger partial charge < -0.3 is 20.1 Å². The van der Waals surface area contributed by atoms with Crippen LogP contribution in [0.5, 0.6) is 0 Å². The first-order valence-electron chi connectivity index (χ1n) is 9.75. The molecule has 0 saturated heterocycles. The number of rotatable bonds is 10. The number of ether oxygens (including phenoxy) is 1. The lowest BCUT2D eigenvalue weighted by Crippen LogP contribution is -2.50. The highest BCUT2D eigenvalue weighted by Gasteiger charge is 2.32. The fourth-order valence-electron chi connectivity index (χ4n) is 3.45. The third kappa shape index (κ3) is 7.29. The lowest BCUT2D eigenvalue weighted by atomic mass is 9.99. The lowest BCUT2D eigenvalue weighted by molar-refractivity contribution is 0.0365. The molecule has 0 unspecified atom stereocenters. The Labute approximate surface area is 199 Å². The molecule has 0 spiro atoms. The van der Waals surface area contributed by atoms with Gasteiger partial charge in [0, 0.05) is 22.7 Å². The summed E-state index contributed by atoms with van der Waals surface area (Å²) in [6.07, 6.45) is 1.30. The maximum absolute atomic E-state index is 13.7. The number of hydrogen-bond donors (Lipinski definition) is 3. The summed E-state index contributed by atoms with van der Waals surface area (Å²) in [6, 6.07) is 10.3. The maximum Gasteiger partial charge on any atom is 0.231 e. The van der Waals surface area contributed by atoms with Crippen LogP contribution in [0.25, 0.3) is 0 Å². The van der Waals surface area contributed by atoms with Crippen LogP contribution in [0.1, 0.15) is 11.1 Å². The van der Waals surface area contributed by atoms with Crippen LogP contribution in [-0.2, 0) is 27.7 Å². The second kappa shape index (κ2) is 10.8. The molecule has 32 heavy (non-hydrogen) atoms. The van der Waals surface area contributed by atoms with Crippen molar-refractivity contribution < 1.29 is 27.0 Å². The first kappa shape index (κ1) is 24.7. The fourth-order valence-corrected chi connectivity index (χ4v) is 4.61. The second-order valence-electron chi connectivity index (χ2n) is 7.52. The minimum Gasteiger partial charge on any atom is -0.477 e. The first-order chi connectivity index (χ1) is 15.1. The summed E-state index contributed by atoms with van der Waals surface area (Å²) in [5, 5.41) is 14.1. The highest BCUT2D eigenvalue weighted by Crippen LogP contribution is 2.22. The number of aliphatic hydroxyl groups is 1. The van der Waals surface area contributed by atoms with Crippen molar-refractivity contribution in [2.75, 3.05) is 19.5 Å². The molecule has 2 aromatic carbocycles. The van der Waals surface area contributed by atoms with Gasteiger partial charge in [-0.05, 0) is 64.4 Å². The van der Waals surface area contributed by atoms with Crippen molar-refractivity contribution >= 4 is 32.6 Å². The van der Waals surface area contributed by atoms with Gasteiger partial charge in [-0.25, -0.2) is 17.2 Å². The Balaban J connectivity index is 1.76. The Morgan fingerprint density at radius 3 is 2.56 bits per heavy atom. The van der Waals surface area contributed by atoms with Gasteiger partial charge in [0.05, 0.1) is 18.4 Å². The minimum atomic E-state index is -3.60. The molecule has 0 radical (unpaired) electrons. The SMILES string of the molecule is CS(=O)(=O)NC1=COCN1[C@@H](Cc1cc(F)cc(F)c1)[C@H](O)CNCc1cccc(I)c1. The molecule has 1 heterocycles. The van der Waals surface area contributed by atoms with Gasteiger partial charge in [-0.15, -0.1) is 0 Å². The summed E-state index contributed by atoms with van der Waals surface area (Å²) in [7, 11) is -3.60. The van der Waals surface area contributed by atoms with Crippen LogP contribution in [-0.4, -0.2) is 50.1 Å². The quantitative estimate of drug-likeness (QED) is 0.375. The van der Waals surface area contributed by atoms with Crippen molar-refractivity contribution in [3.05, 3.63) is 80.9 Å². The summed E-state index contributed by atoms with van der Waals surface area (Å²) < 4.78 is 59.6. The zero-order chi connectivity index (χ0) is 23.3. The summed E-state index contributed by atoms with van der Waals surface area (Å²) in [5.74, 6) is -1.31. The molecule has 7 nitrogen and oxygen atoms in total. The third-order valence-corrected chi connectivity index (χ3v) is 6.04. The van der Waals surface area contributed by atoms with Crippen molar-refractivity contribution in [3.63, 3.8) is 0 Å². The molecule has 0 saturated carbocycles. The van der Waals surface area contributed by atoms with Crippen molar-refractivity contribution in [1.29, 1.82) is 0 Å². The van der Waals surface area contributed by atoms with Crippen LogP contribution >= 0.6 is 22.6 Å². The van der Waals surface area contributed by atoms with Gasteiger partial charge in [0.1, 0.15) is 17.9 Å². The lowest BCUT2D eigenvalue weighted by Gasteiger charge is -2.34. The predicted octanol–water partition coefficient (Wildman–Crippen LogP) is 2.27. The molecule has 1 aliphatic rings. The average molecular weight is 579 g/mol. The fraction of sp³-hybridized carbons (Fsp3) is 0.333. The van der Waals surface area contributed by atoms with Crippen LogP contribution in [0, 0.1) is 15.2 Å². The summed E-state index contributed by atoms with van der Waals surface area (Å²) in [5.41, 5.74) is 1.37. The van der Waals surface area contributed by atoms with E-state index in [1.54, 1.807) is 0 Å².